The molecule has 0 aliphatic carbocycles. The van der Waals surface area contributed by atoms with E-state index in [9.17, 15) is 9.59 Å². The molecule has 150 valence electrons. The summed E-state index contributed by atoms with van der Waals surface area (Å²) >= 11 is 5.66. The lowest BCUT2D eigenvalue weighted by Crippen LogP contribution is -2.50. The first-order valence-corrected chi connectivity index (χ1v) is 10.9. The highest BCUT2D eigenvalue weighted by Gasteiger charge is 2.26. The van der Waals surface area contributed by atoms with Crippen LogP contribution >= 0.6 is 38.5 Å². The first kappa shape index (κ1) is 22.7. The summed E-state index contributed by atoms with van der Waals surface area (Å²) in [5.41, 5.74) is 0.932. The van der Waals surface area contributed by atoms with E-state index in [2.05, 4.69) is 43.8 Å². The lowest BCUT2D eigenvalue weighted by molar-refractivity contribution is -0.142. The van der Waals surface area contributed by atoms with Crippen molar-refractivity contribution in [1.29, 1.82) is 0 Å². The molecule has 0 aromatic heterocycles. The molecular formula is C21H24BrIN2O3. The Morgan fingerprint density at radius 2 is 1.82 bits per heavy atom. The van der Waals surface area contributed by atoms with E-state index in [0.29, 0.717) is 12.3 Å². The van der Waals surface area contributed by atoms with Crippen LogP contribution in [-0.4, -0.2) is 35.4 Å². The van der Waals surface area contributed by atoms with Crippen molar-refractivity contribution in [2.24, 2.45) is 0 Å². The van der Waals surface area contributed by atoms with E-state index < -0.39 is 6.04 Å². The molecule has 2 amide bonds. The third-order valence-electron chi connectivity index (χ3n) is 4.02. The average molecular weight is 559 g/mol. The fraction of sp³-hybridized carbons (Fsp3) is 0.333. The number of carbonyl (C=O) groups excluding carboxylic acids is 2. The van der Waals surface area contributed by atoms with Crippen LogP contribution in [0.2, 0.25) is 0 Å². The number of hydrogen-bond acceptors (Lipinski definition) is 3. The summed E-state index contributed by atoms with van der Waals surface area (Å²) in [6.45, 7) is 5.71. The van der Waals surface area contributed by atoms with Gasteiger partial charge < -0.3 is 15.0 Å². The van der Waals surface area contributed by atoms with Crippen molar-refractivity contribution in [2.75, 3.05) is 6.61 Å². The van der Waals surface area contributed by atoms with Gasteiger partial charge in [0.05, 0.1) is 0 Å². The van der Waals surface area contributed by atoms with Crippen LogP contribution in [0.4, 0.5) is 0 Å². The van der Waals surface area contributed by atoms with Gasteiger partial charge in [-0.2, -0.15) is 0 Å². The third-order valence-corrected chi connectivity index (χ3v) is 5.23. The molecular weight excluding hydrogens is 535 g/mol. The summed E-state index contributed by atoms with van der Waals surface area (Å²) in [5.74, 6) is 0.188. The molecule has 0 fully saturated rings. The zero-order valence-corrected chi connectivity index (χ0v) is 19.9. The SMILES string of the molecule is CC(C)NC(=O)C(C)N(Cc1cccc(Br)c1)C(=O)COc1ccc(I)cc1. The van der Waals surface area contributed by atoms with E-state index in [1.807, 2.05) is 62.4 Å². The fourth-order valence-corrected chi connectivity index (χ4v) is 3.38. The highest BCUT2D eigenvalue weighted by Crippen LogP contribution is 2.17. The minimum Gasteiger partial charge on any atom is -0.484 e. The Balaban J connectivity index is 2.14. The van der Waals surface area contributed by atoms with Gasteiger partial charge in [-0.1, -0.05) is 28.1 Å². The van der Waals surface area contributed by atoms with E-state index in [0.717, 1.165) is 13.6 Å². The first-order chi connectivity index (χ1) is 13.3. The van der Waals surface area contributed by atoms with Crippen molar-refractivity contribution >= 4 is 50.3 Å². The molecule has 28 heavy (non-hydrogen) atoms. The molecule has 0 spiro atoms. The number of carbonyl (C=O) groups is 2. The first-order valence-electron chi connectivity index (χ1n) is 8.99. The van der Waals surface area contributed by atoms with Crippen molar-refractivity contribution in [2.45, 2.75) is 39.4 Å². The van der Waals surface area contributed by atoms with Crippen LogP contribution in [0, 0.1) is 3.57 Å². The zero-order chi connectivity index (χ0) is 20.7. The van der Waals surface area contributed by atoms with Crippen molar-refractivity contribution in [3.63, 3.8) is 0 Å². The van der Waals surface area contributed by atoms with Crippen LogP contribution in [-0.2, 0) is 16.1 Å². The second-order valence-electron chi connectivity index (χ2n) is 6.73. The Labute approximate surface area is 188 Å². The van der Waals surface area contributed by atoms with Crippen LogP contribution < -0.4 is 10.1 Å². The molecule has 0 heterocycles. The monoisotopic (exact) mass is 558 g/mol. The molecule has 0 radical (unpaired) electrons. The van der Waals surface area contributed by atoms with Crippen molar-refractivity contribution in [1.82, 2.24) is 10.2 Å². The number of hydrogen-bond donors (Lipinski definition) is 1. The summed E-state index contributed by atoms with van der Waals surface area (Å²) in [5, 5.41) is 2.87. The van der Waals surface area contributed by atoms with Gasteiger partial charge in [0.25, 0.3) is 5.91 Å². The second-order valence-corrected chi connectivity index (χ2v) is 8.89. The average Bonchev–Trinajstić information content (AvgIpc) is 2.64. The molecule has 1 atom stereocenters. The Bertz CT molecular complexity index is 812. The molecule has 1 N–H and O–H groups in total. The number of rotatable bonds is 8. The minimum absolute atomic E-state index is 0.000753. The number of nitrogens with zero attached hydrogens (tertiary/aromatic N) is 1. The largest absolute Gasteiger partial charge is 0.484 e. The van der Waals surface area contributed by atoms with Gasteiger partial charge in [0.2, 0.25) is 5.91 Å². The third kappa shape index (κ3) is 7.09. The van der Waals surface area contributed by atoms with Gasteiger partial charge >= 0.3 is 0 Å². The van der Waals surface area contributed by atoms with Gasteiger partial charge in [-0.3, -0.25) is 9.59 Å². The summed E-state index contributed by atoms with van der Waals surface area (Å²) < 4.78 is 7.65. The molecule has 5 nitrogen and oxygen atoms in total. The maximum atomic E-state index is 12.9. The van der Waals surface area contributed by atoms with Crippen LogP contribution in [0.3, 0.4) is 0 Å². The quantitative estimate of drug-likeness (QED) is 0.489. The van der Waals surface area contributed by atoms with Crippen LogP contribution in [0.1, 0.15) is 26.3 Å². The molecule has 2 aromatic rings. The van der Waals surface area contributed by atoms with Gasteiger partial charge in [-0.05, 0) is 85.3 Å². The molecule has 0 aliphatic heterocycles. The topological polar surface area (TPSA) is 58.6 Å². The summed E-state index contributed by atoms with van der Waals surface area (Å²) in [7, 11) is 0. The summed E-state index contributed by atoms with van der Waals surface area (Å²) in [6, 6.07) is 14.6. The molecule has 1 unspecified atom stereocenters. The lowest BCUT2D eigenvalue weighted by Gasteiger charge is -2.29. The van der Waals surface area contributed by atoms with Crippen LogP contribution in [0.15, 0.2) is 53.0 Å². The van der Waals surface area contributed by atoms with E-state index >= 15 is 0 Å². The smallest absolute Gasteiger partial charge is 0.261 e. The van der Waals surface area contributed by atoms with E-state index in [1.54, 1.807) is 11.8 Å². The molecule has 0 saturated heterocycles. The van der Waals surface area contributed by atoms with Crippen LogP contribution in [0.5, 0.6) is 5.75 Å². The zero-order valence-electron chi connectivity index (χ0n) is 16.1. The highest BCUT2D eigenvalue weighted by molar-refractivity contribution is 14.1. The Morgan fingerprint density at radius 3 is 2.43 bits per heavy atom. The molecule has 0 saturated carbocycles. The molecule has 7 heteroatoms. The molecule has 0 aliphatic rings. The normalized spacial score (nSPS) is 11.8. The van der Waals surface area contributed by atoms with E-state index in [1.165, 1.54) is 0 Å². The number of benzene rings is 2. The number of ether oxygens (including phenoxy) is 1. The Morgan fingerprint density at radius 1 is 1.14 bits per heavy atom. The standard InChI is InChI=1S/C21H24BrIN2O3/c1-14(2)24-21(27)15(3)25(12-16-5-4-6-17(22)11-16)20(26)13-28-19-9-7-18(23)8-10-19/h4-11,14-15H,12-13H2,1-3H3,(H,24,27). The Kier molecular flexibility index (Phi) is 8.75. The fourth-order valence-electron chi connectivity index (χ4n) is 2.58. The van der Waals surface area contributed by atoms with Crippen molar-refractivity contribution in [3.05, 3.63) is 62.1 Å². The van der Waals surface area contributed by atoms with Gasteiger partial charge in [-0.15, -0.1) is 0 Å². The highest BCUT2D eigenvalue weighted by atomic mass is 127. The van der Waals surface area contributed by atoms with Crippen LogP contribution in [0.25, 0.3) is 0 Å². The minimum atomic E-state index is -0.616. The maximum Gasteiger partial charge on any atom is 0.261 e. The number of amides is 2. The summed E-state index contributed by atoms with van der Waals surface area (Å²) in [4.78, 5) is 27.0. The lowest BCUT2D eigenvalue weighted by atomic mass is 10.1. The number of halogens is 2. The summed E-state index contributed by atoms with van der Waals surface area (Å²) in [6.07, 6.45) is 0. The van der Waals surface area contributed by atoms with Gasteiger partial charge in [0, 0.05) is 20.6 Å². The second kappa shape index (κ2) is 10.8. The van der Waals surface area contributed by atoms with E-state index in [4.69, 9.17) is 4.74 Å². The van der Waals surface area contributed by atoms with Gasteiger partial charge in [-0.25, -0.2) is 0 Å². The van der Waals surface area contributed by atoms with Gasteiger partial charge in [0.1, 0.15) is 11.8 Å². The van der Waals surface area contributed by atoms with E-state index in [-0.39, 0.29) is 24.5 Å². The molecule has 2 rings (SSSR count). The van der Waals surface area contributed by atoms with Crippen molar-refractivity contribution in [3.8, 4) is 5.75 Å². The Hall–Kier alpha value is -1.61. The number of nitrogens with one attached hydrogen (secondary N) is 1. The molecule has 0 bridgehead atoms. The van der Waals surface area contributed by atoms with Crippen molar-refractivity contribution < 1.29 is 14.3 Å². The predicted octanol–water partition coefficient (Wildman–Crippen LogP) is 4.37. The maximum absolute atomic E-state index is 12.9. The molecule has 2 aromatic carbocycles. The predicted molar refractivity (Wildman–Crippen MR) is 122 cm³/mol. The van der Waals surface area contributed by atoms with Gasteiger partial charge in [0.15, 0.2) is 6.61 Å².